The van der Waals surface area contributed by atoms with Crippen molar-refractivity contribution < 1.29 is 5.11 Å². The van der Waals surface area contributed by atoms with Gasteiger partial charge < -0.3 is 5.11 Å². The number of hydrogen-bond donors (Lipinski definition) is 1. The van der Waals surface area contributed by atoms with Crippen molar-refractivity contribution in [3.63, 3.8) is 0 Å². The van der Waals surface area contributed by atoms with Crippen LogP contribution in [0.1, 0.15) is 44.8 Å². The number of thiazole rings is 1. The van der Waals surface area contributed by atoms with Crippen LogP contribution in [0.2, 0.25) is 0 Å². The summed E-state index contributed by atoms with van der Waals surface area (Å²) in [6, 6.07) is 0. The van der Waals surface area contributed by atoms with Crippen molar-refractivity contribution in [2.45, 2.75) is 56.8 Å². The molecule has 2 rings (SSSR count). The molecule has 0 radical (unpaired) electrons. The van der Waals surface area contributed by atoms with E-state index in [0.717, 1.165) is 22.9 Å². The summed E-state index contributed by atoms with van der Waals surface area (Å²) in [5.41, 5.74) is 0.714. The molecule has 2 nitrogen and oxygen atoms in total. The van der Waals surface area contributed by atoms with E-state index in [1.807, 2.05) is 11.8 Å². The Morgan fingerprint density at radius 3 is 2.71 bits per heavy atom. The van der Waals surface area contributed by atoms with E-state index in [9.17, 15) is 5.11 Å². The van der Waals surface area contributed by atoms with Crippen LogP contribution in [0.15, 0.2) is 5.38 Å². The predicted octanol–water partition coefficient (Wildman–Crippen LogP) is 3.24. The van der Waals surface area contributed by atoms with Crippen LogP contribution in [0.3, 0.4) is 0 Å². The van der Waals surface area contributed by atoms with Crippen molar-refractivity contribution in [1.29, 1.82) is 0 Å². The largest absolute Gasteiger partial charge is 0.389 e. The van der Waals surface area contributed by atoms with Crippen LogP contribution < -0.4 is 0 Å². The first-order valence-electron chi connectivity index (χ1n) is 6.07. The van der Waals surface area contributed by atoms with Crippen LogP contribution in [0.4, 0.5) is 0 Å². The van der Waals surface area contributed by atoms with Crippen LogP contribution in [0.25, 0.3) is 0 Å². The van der Waals surface area contributed by atoms with Gasteiger partial charge in [0.15, 0.2) is 0 Å². The van der Waals surface area contributed by atoms with Crippen LogP contribution in [-0.2, 0) is 11.8 Å². The van der Waals surface area contributed by atoms with Crippen LogP contribution in [0, 0.1) is 0 Å². The van der Waals surface area contributed by atoms with Gasteiger partial charge in [0.2, 0.25) is 0 Å². The highest BCUT2D eigenvalue weighted by Gasteiger charge is 2.37. The molecule has 0 aromatic carbocycles. The van der Waals surface area contributed by atoms with Gasteiger partial charge in [-0.3, -0.25) is 0 Å². The second kappa shape index (κ2) is 4.56. The highest BCUT2D eigenvalue weighted by molar-refractivity contribution is 8.00. The molecule has 96 valence electrons. The average molecular weight is 271 g/mol. The number of nitrogens with zero attached hydrogens (tertiary/aromatic N) is 1. The average Bonchev–Trinajstić information content (AvgIpc) is 2.73. The standard InChI is InChI=1S/C13H21NOS2/c1-9-5-13(15,8-17-9)6-11-14-10(7-16-11)12(2,3)4/h7,9,15H,5-6,8H2,1-4H3. The summed E-state index contributed by atoms with van der Waals surface area (Å²) in [5, 5.41) is 14.2. The van der Waals surface area contributed by atoms with E-state index in [-0.39, 0.29) is 5.41 Å². The second-order valence-corrected chi connectivity index (χ2v) is 8.47. The highest BCUT2D eigenvalue weighted by Crippen LogP contribution is 2.37. The SMILES string of the molecule is CC1CC(O)(Cc2nc(C(C)(C)C)cs2)CS1. The molecular weight excluding hydrogens is 250 g/mol. The molecule has 1 aliphatic heterocycles. The number of rotatable bonds is 2. The summed E-state index contributed by atoms with van der Waals surface area (Å²) < 4.78 is 0. The van der Waals surface area contributed by atoms with Gasteiger partial charge in [0.1, 0.15) is 0 Å². The number of aliphatic hydroxyl groups is 1. The molecule has 1 saturated heterocycles. The molecule has 17 heavy (non-hydrogen) atoms. The van der Waals surface area contributed by atoms with Crippen molar-refractivity contribution >= 4 is 23.1 Å². The maximum atomic E-state index is 10.5. The molecule has 4 heteroatoms. The van der Waals surface area contributed by atoms with Crippen molar-refractivity contribution in [1.82, 2.24) is 4.98 Å². The van der Waals surface area contributed by atoms with E-state index in [2.05, 4.69) is 38.1 Å². The lowest BCUT2D eigenvalue weighted by molar-refractivity contribution is 0.0641. The van der Waals surface area contributed by atoms with E-state index in [0.29, 0.717) is 11.7 Å². The normalized spacial score (nSPS) is 29.8. The molecule has 0 aliphatic carbocycles. The lowest BCUT2D eigenvalue weighted by Crippen LogP contribution is -2.31. The molecule has 1 aromatic rings. The van der Waals surface area contributed by atoms with Gasteiger partial charge in [-0.2, -0.15) is 11.8 Å². The van der Waals surface area contributed by atoms with Gasteiger partial charge in [-0.05, 0) is 6.42 Å². The summed E-state index contributed by atoms with van der Waals surface area (Å²) >= 11 is 3.55. The Kier molecular flexibility index (Phi) is 3.59. The molecule has 0 saturated carbocycles. The molecule has 0 spiro atoms. The smallest absolute Gasteiger partial charge is 0.0957 e. The minimum atomic E-state index is -0.531. The third-order valence-electron chi connectivity index (χ3n) is 3.10. The molecular formula is C13H21NOS2. The minimum absolute atomic E-state index is 0.106. The summed E-state index contributed by atoms with van der Waals surface area (Å²) in [6.45, 7) is 8.71. The molecule has 2 heterocycles. The Balaban J connectivity index is 2.07. The van der Waals surface area contributed by atoms with Crippen molar-refractivity contribution in [3.8, 4) is 0 Å². The fourth-order valence-electron chi connectivity index (χ4n) is 2.09. The summed E-state index contributed by atoms with van der Waals surface area (Å²) in [5.74, 6) is 0.846. The summed E-state index contributed by atoms with van der Waals surface area (Å²) in [4.78, 5) is 4.66. The Hall–Kier alpha value is -0.0600. The monoisotopic (exact) mass is 271 g/mol. The van der Waals surface area contributed by atoms with E-state index >= 15 is 0 Å². The number of thioether (sulfide) groups is 1. The second-order valence-electron chi connectivity index (χ2n) is 6.10. The Morgan fingerprint density at radius 1 is 1.53 bits per heavy atom. The molecule has 2 unspecified atom stereocenters. The third-order valence-corrected chi connectivity index (χ3v) is 5.39. The number of hydrogen-bond acceptors (Lipinski definition) is 4. The lowest BCUT2D eigenvalue weighted by atomic mass is 9.93. The fourth-order valence-corrected chi connectivity index (χ4v) is 4.49. The first kappa shape index (κ1) is 13.4. The van der Waals surface area contributed by atoms with Gasteiger partial charge in [0, 0.05) is 28.2 Å². The van der Waals surface area contributed by atoms with Gasteiger partial charge >= 0.3 is 0 Å². The Morgan fingerprint density at radius 2 is 2.24 bits per heavy atom. The third kappa shape index (κ3) is 3.24. The van der Waals surface area contributed by atoms with Crippen LogP contribution in [-0.4, -0.2) is 26.7 Å². The van der Waals surface area contributed by atoms with Gasteiger partial charge in [-0.25, -0.2) is 4.98 Å². The van der Waals surface area contributed by atoms with E-state index < -0.39 is 5.60 Å². The molecule has 0 amide bonds. The van der Waals surface area contributed by atoms with E-state index in [4.69, 9.17) is 0 Å². The van der Waals surface area contributed by atoms with Crippen molar-refractivity contribution in [2.24, 2.45) is 0 Å². The van der Waals surface area contributed by atoms with Crippen molar-refractivity contribution in [3.05, 3.63) is 16.1 Å². The lowest BCUT2D eigenvalue weighted by Gasteiger charge is -2.20. The Labute approximate surface area is 112 Å². The van der Waals surface area contributed by atoms with E-state index in [1.165, 1.54) is 0 Å². The topological polar surface area (TPSA) is 33.1 Å². The van der Waals surface area contributed by atoms with Crippen LogP contribution >= 0.6 is 23.1 Å². The first-order valence-corrected chi connectivity index (χ1v) is 8.00. The minimum Gasteiger partial charge on any atom is -0.389 e. The quantitative estimate of drug-likeness (QED) is 0.896. The van der Waals surface area contributed by atoms with Gasteiger partial charge in [0.25, 0.3) is 0 Å². The number of aromatic nitrogens is 1. The maximum absolute atomic E-state index is 10.5. The predicted molar refractivity (Wildman–Crippen MR) is 76.0 cm³/mol. The first-order chi connectivity index (χ1) is 7.78. The zero-order chi connectivity index (χ0) is 12.7. The Bertz CT molecular complexity index is 396. The maximum Gasteiger partial charge on any atom is 0.0957 e. The molecule has 1 aromatic heterocycles. The molecule has 2 atom stereocenters. The zero-order valence-electron chi connectivity index (χ0n) is 11.0. The highest BCUT2D eigenvalue weighted by atomic mass is 32.2. The van der Waals surface area contributed by atoms with E-state index in [1.54, 1.807) is 11.3 Å². The molecule has 1 N–H and O–H groups in total. The summed E-state index contributed by atoms with van der Waals surface area (Å²) in [6.07, 6.45) is 1.60. The molecule has 1 aliphatic rings. The van der Waals surface area contributed by atoms with Gasteiger partial charge in [-0.15, -0.1) is 11.3 Å². The summed E-state index contributed by atoms with van der Waals surface area (Å²) in [7, 11) is 0. The molecule has 1 fully saturated rings. The fraction of sp³-hybridized carbons (Fsp3) is 0.769. The van der Waals surface area contributed by atoms with Gasteiger partial charge in [0.05, 0.1) is 16.3 Å². The molecule has 0 bridgehead atoms. The van der Waals surface area contributed by atoms with Crippen molar-refractivity contribution in [2.75, 3.05) is 5.75 Å². The van der Waals surface area contributed by atoms with Crippen LogP contribution in [0.5, 0.6) is 0 Å². The zero-order valence-corrected chi connectivity index (χ0v) is 12.6. The van der Waals surface area contributed by atoms with Gasteiger partial charge in [-0.1, -0.05) is 27.7 Å².